The highest BCUT2D eigenvalue weighted by molar-refractivity contribution is 6.10. The molecule has 1 saturated heterocycles. The number of carbonyl (C=O) groups is 2. The fourth-order valence-electron chi connectivity index (χ4n) is 7.19. The number of amides is 2. The summed E-state index contributed by atoms with van der Waals surface area (Å²) in [4.78, 5) is 34.0. The van der Waals surface area contributed by atoms with Crippen molar-refractivity contribution in [3.63, 3.8) is 0 Å². The standard InChI is InChI=1S/C29H36FN3O4/c30-24-13-21(18-1-2-20-12-22(34)5-3-19(20)11-18)4-6-23(24)25-31-28(7-8-28)26(35)33(25)16-17-14-32(15-17)27(36)29(37)9-10-29/h2,12-13,17-19,23-24,34,37H,1,3-11,14-16H2. The molecule has 3 fully saturated rings. The second-order valence-electron chi connectivity index (χ2n) is 12.6. The normalized spacial score (nSPS) is 35.8. The monoisotopic (exact) mass is 509 g/mol. The number of carbonyl (C=O) groups excluding carboxylic acids is 2. The molecule has 7 aliphatic rings. The molecule has 4 unspecified atom stereocenters. The Kier molecular flexibility index (Phi) is 5.27. The Morgan fingerprint density at radius 3 is 2.62 bits per heavy atom. The van der Waals surface area contributed by atoms with Crippen LogP contribution in [0.25, 0.3) is 0 Å². The SMILES string of the molecule is O=C(N1CC(CN2C(=O)C3(CC3)N=C2C2CCC(C3CC=C4C=C(O)CCC4C3)=CC2F)C1)C1(O)CC1. The van der Waals surface area contributed by atoms with Gasteiger partial charge in [0.25, 0.3) is 11.8 Å². The first-order valence-electron chi connectivity index (χ1n) is 14.1. The van der Waals surface area contributed by atoms with Gasteiger partial charge in [-0.15, -0.1) is 0 Å². The topological polar surface area (TPSA) is 93.4 Å². The first-order valence-corrected chi connectivity index (χ1v) is 14.1. The Labute approximate surface area is 216 Å². The van der Waals surface area contributed by atoms with Gasteiger partial charge in [0, 0.05) is 32.0 Å². The molecule has 0 radical (unpaired) electrons. The number of alkyl halides is 1. The van der Waals surface area contributed by atoms with E-state index in [9.17, 15) is 19.8 Å². The lowest BCUT2D eigenvalue weighted by Crippen LogP contribution is -2.58. The minimum absolute atomic E-state index is 0.00799. The zero-order valence-electron chi connectivity index (χ0n) is 21.2. The highest BCUT2D eigenvalue weighted by Gasteiger charge is 2.59. The smallest absolute Gasteiger partial charge is 0.255 e. The van der Waals surface area contributed by atoms with Crippen LogP contribution in [0.2, 0.25) is 0 Å². The number of halogens is 1. The second-order valence-corrected chi connectivity index (χ2v) is 12.6. The van der Waals surface area contributed by atoms with Crippen LogP contribution in [0.1, 0.15) is 64.2 Å². The molecule has 0 aromatic rings. The zero-order chi connectivity index (χ0) is 25.5. The highest BCUT2D eigenvalue weighted by Crippen LogP contribution is 2.49. The van der Waals surface area contributed by atoms with Crippen LogP contribution >= 0.6 is 0 Å². The summed E-state index contributed by atoms with van der Waals surface area (Å²) in [6.07, 6.45) is 12.4. The van der Waals surface area contributed by atoms with Crippen molar-refractivity contribution in [2.45, 2.75) is 81.5 Å². The molecule has 2 heterocycles. The minimum Gasteiger partial charge on any atom is -0.512 e. The number of hydrogen-bond acceptors (Lipinski definition) is 5. The third-order valence-corrected chi connectivity index (χ3v) is 9.90. The van der Waals surface area contributed by atoms with E-state index in [2.05, 4.69) is 6.08 Å². The van der Waals surface area contributed by atoms with Crippen molar-refractivity contribution in [3.05, 3.63) is 35.1 Å². The third kappa shape index (κ3) is 3.98. The average Bonchev–Trinajstić information content (AvgIpc) is 3.78. The van der Waals surface area contributed by atoms with Gasteiger partial charge in [-0.1, -0.05) is 17.7 Å². The van der Waals surface area contributed by atoms with E-state index in [-0.39, 0.29) is 17.7 Å². The Bertz CT molecular complexity index is 1160. The quantitative estimate of drug-likeness (QED) is 0.554. The Morgan fingerprint density at radius 2 is 1.92 bits per heavy atom. The molecule has 0 bridgehead atoms. The summed E-state index contributed by atoms with van der Waals surface area (Å²) in [6.45, 7) is 1.54. The fourth-order valence-corrected chi connectivity index (χ4v) is 7.19. The van der Waals surface area contributed by atoms with Gasteiger partial charge in [0.05, 0.1) is 11.7 Å². The summed E-state index contributed by atoms with van der Waals surface area (Å²) in [7, 11) is 0. The number of nitrogens with zero attached hydrogens (tertiary/aromatic N) is 3. The molecule has 37 heavy (non-hydrogen) atoms. The predicted molar refractivity (Wildman–Crippen MR) is 135 cm³/mol. The van der Waals surface area contributed by atoms with E-state index in [0.29, 0.717) is 62.3 Å². The van der Waals surface area contributed by atoms with Gasteiger partial charge in [-0.05, 0) is 81.3 Å². The molecule has 2 amide bonds. The summed E-state index contributed by atoms with van der Waals surface area (Å²) < 4.78 is 15.8. The maximum Gasteiger partial charge on any atom is 0.255 e. The van der Waals surface area contributed by atoms with Crippen LogP contribution in [0.5, 0.6) is 0 Å². The largest absolute Gasteiger partial charge is 0.512 e. The van der Waals surface area contributed by atoms with Crippen molar-refractivity contribution in [2.75, 3.05) is 19.6 Å². The molecule has 0 aromatic heterocycles. The first kappa shape index (κ1) is 23.6. The van der Waals surface area contributed by atoms with Crippen molar-refractivity contribution in [1.29, 1.82) is 0 Å². The predicted octanol–water partition coefficient (Wildman–Crippen LogP) is 3.61. The summed E-state index contributed by atoms with van der Waals surface area (Å²) in [5.74, 6) is 1.43. The van der Waals surface area contributed by atoms with Gasteiger partial charge < -0.3 is 15.1 Å². The van der Waals surface area contributed by atoms with Crippen molar-refractivity contribution < 1.29 is 24.2 Å². The van der Waals surface area contributed by atoms with Gasteiger partial charge in [0.15, 0.2) is 0 Å². The number of aliphatic imine (C=N–C) groups is 1. The molecule has 5 aliphatic carbocycles. The number of hydrogen-bond donors (Lipinski definition) is 2. The van der Waals surface area contributed by atoms with Crippen molar-refractivity contribution in [2.24, 2.45) is 28.7 Å². The van der Waals surface area contributed by atoms with E-state index in [1.165, 1.54) is 11.1 Å². The molecular formula is C29H36FN3O4. The van der Waals surface area contributed by atoms with Crippen LogP contribution in [-0.4, -0.2) is 74.6 Å². The minimum atomic E-state index is -1.16. The summed E-state index contributed by atoms with van der Waals surface area (Å²) in [6, 6.07) is 0. The van der Waals surface area contributed by atoms with Crippen molar-refractivity contribution >= 4 is 17.6 Å². The molecule has 2 saturated carbocycles. The van der Waals surface area contributed by atoms with Gasteiger partial charge >= 0.3 is 0 Å². The van der Waals surface area contributed by atoms with Crippen LogP contribution in [0.15, 0.2) is 40.1 Å². The second kappa shape index (κ2) is 8.26. The number of rotatable bonds is 5. The van der Waals surface area contributed by atoms with Crippen LogP contribution in [0.3, 0.4) is 0 Å². The lowest BCUT2D eigenvalue weighted by Gasteiger charge is -2.42. The van der Waals surface area contributed by atoms with Crippen LogP contribution in [0, 0.1) is 23.7 Å². The molecular weight excluding hydrogens is 473 g/mol. The van der Waals surface area contributed by atoms with E-state index in [0.717, 1.165) is 44.9 Å². The maximum atomic E-state index is 15.8. The van der Waals surface area contributed by atoms with E-state index >= 15 is 4.39 Å². The van der Waals surface area contributed by atoms with E-state index in [4.69, 9.17) is 4.99 Å². The average molecular weight is 510 g/mol. The molecule has 1 spiro atoms. The van der Waals surface area contributed by atoms with Crippen LogP contribution < -0.4 is 0 Å². The summed E-state index contributed by atoms with van der Waals surface area (Å²) >= 11 is 0. The Balaban J connectivity index is 1.03. The molecule has 7 nitrogen and oxygen atoms in total. The Morgan fingerprint density at radius 1 is 1.14 bits per heavy atom. The van der Waals surface area contributed by atoms with Gasteiger partial charge in [-0.3, -0.25) is 19.5 Å². The summed E-state index contributed by atoms with van der Waals surface area (Å²) in [5.41, 5.74) is 0.614. The van der Waals surface area contributed by atoms with Crippen LogP contribution in [-0.2, 0) is 9.59 Å². The van der Waals surface area contributed by atoms with Gasteiger partial charge in [-0.2, -0.15) is 0 Å². The molecule has 2 aliphatic heterocycles. The summed E-state index contributed by atoms with van der Waals surface area (Å²) in [5, 5.41) is 20.0. The molecule has 7 rings (SSSR count). The van der Waals surface area contributed by atoms with Gasteiger partial charge in [-0.25, -0.2) is 4.39 Å². The lowest BCUT2D eigenvalue weighted by molar-refractivity contribution is -0.149. The maximum absolute atomic E-state index is 15.8. The number of allylic oxidation sites excluding steroid dienone is 6. The highest BCUT2D eigenvalue weighted by atomic mass is 19.1. The van der Waals surface area contributed by atoms with E-state index in [1.54, 1.807) is 9.80 Å². The third-order valence-electron chi connectivity index (χ3n) is 9.90. The molecule has 2 N–H and O–H groups in total. The van der Waals surface area contributed by atoms with Gasteiger partial charge in [0.2, 0.25) is 0 Å². The van der Waals surface area contributed by atoms with Gasteiger partial charge in [0.1, 0.15) is 23.1 Å². The number of fused-ring (bicyclic) bond motifs is 1. The molecule has 198 valence electrons. The lowest BCUT2D eigenvalue weighted by atomic mass is 9.71. The van der Waals surface area contributed by atoms with Crippen molar-refractivity contribution in [3.8, 4) is 0 Å². The van der Waals surface area contributed by atoms with E-state index < -0.39 is 23.2 Å². The van der Waals surface area contributed by atoms with Crippen molar-refractivity contribution in [1.82, 2.24) is 9.80 Å². The number of aliphatic hydroxyl groups is 2. The molecule has 8 heteroatoms. The molecule has 0 aromatic carbocycles. The van der Waals surface area contributed by atoms with Crippen LogP contribution in [0.4, 0.5) is 4.39 Å². The number of amidine groups is 1. The van der Waals surface area contributed by atoms with E-state index in [1.807, 2.05) is 12.2 Å². The number of likely N-dealkylation sites (tertiary alicyclic amines) is 1. The fraction of sp³-hybridized carbons (Fsp3) is 0.690. The number of aliphatic hydroxyl groups excluding tert-OH is 1. The first-order chi connectivity index (χ1) is 17.7. The Hall–Kier alpha value is -2.48. The molecule has 4 atom stereocenters. The zero-order valence-corrected chi connectivity index (χ0v) is 21.2.